The fraction of sp³-hybridized carbons (Fsp3) is 0.217. The van der Waals surface area contributed by atoms with Gasteiger partial charge in [-0.3, -0.25) is 13.9 Å². The molecular weight excluding hydrogens is 508 g/mol. The summed E-state index contributed by atoms with van der Waals surface area (Å²) in [4.78, 5) is 34.5. The van der Waals surface area contributed by atoms with Crippen LogP contribution in [0.25, 0.3) is 10.9 Å². The van der Waals surface area contributed by atoms with Gasteiger partial charge in [0.2, 0.25) is 5.95 Å². The molecule has 0 fully saturated rings. The van der Waals surface area contributed by atoms with Crippen molar-refractivity contribution in [2.45, 2.75) is 20.0 Å². The third kappa shape index (κ3) is 4.72. The maximum Gasteiger partial charge on any atom is 0.355 e. The van der Waals surface area contributed by atoms with Crippen LogP contribution in [0.15, 0.2) is 46.4 Å². The Balaban J connectivity index is 1.63. The smallest absolute Gasteiger partial charge is 0.324 e. The van der Waals surface area contributed by atoms with Crippen molar-refractivity contribution in [1.29, 1.82) is 0 Å². The van der Waals surface area contributed by atoms with Crippen LogP contribution in [0.2, 0.25) is 5.02 Å². The fourth-order valence-corrected chi connectivity index (χ4v) is 4.16. The maximum absolute atomic E-state index is 14.1. The lowest BCUT2D eigenvalue weighted by Gasteiger charge is -2.16. The zero-order chi connectivity index (χ0) is 26.4. The van der Waals surface area contributed by atoms with Gasteiger partial charge in [0, 0.05) is 25.7 Å². The van der Waals surface area contributed by atoms with Crippen molar-refractivity contribution in [3.05, 3.63) is 91.4 Å². The summed E-state index contributed by atoms with van der Waals surface area (Å²) >= 11 is 6.43. The second-order valence-corrected chi connectivity index (χ2v) is 8.94. The number of anilines is 2. The highest BCUT2D eigenvalue weighted by atomic mass is 35.5. The summed E-state index contributed by atoms with van der Waals surface area (Å²) in [6.07, 6.45) is 3.21. The van der Waals surface area contributed by atoms with Crippen LogP contribution in [0.3, 0.4) is 0 Å². The molecule has 0 saturated carbocycles. The first-order valence-corrected chi connectivity index (χ1v) is 11.4. The number of nitrogens with zero attached hydrogens (tertiary/aromatic N) is 8. The van der Waals surface area contributed by atoms with Gasteiger partial charge in [-0.2, -0.15) is 15.2 Å². The molecule has 5 aromatic rings. The van der Waals surface area contributed by atoms with Gasteiger partial charge < -0.3 is 5.32 Å². The Kier molecular flexibility index (Phi) is 6.07. The summed E-state index contributed by atoms with van der Waals surface area (Å²) < 4.78 is 33.1. The Bertz CT molecular complexity index is 1760. The van der Waals surface area contributed by atoms with E-state index in [1.54, 1.807) is 37.1 Å². The van der Waals surface area contributed by atoms with Crippen molar-refractivity contribution in [3.8, 4) is 0 Å². The highest BCUT2D eigenvalue weighted by molar-refractivity contribution is 6.34. The van der Waals surface area contributed by atoms with E-state index in [1.165, 1.54) is 24.0 Å². The summed E-state index contributed by atoms with van der Waals surface area (Å²) in [5.74, 6) is -1.94. The van der Waals surface area contributed by atoms with Crippen molar-refractivity contribution in [1.82, 2.24) is 38.7 Å². The summed E-state index contributed by atoms with van der Waals surface area (Å²) in [7, 11) is 3.41. The average molecular weight is 528 g/mol. The molecule has 1 N–H and O–H groups in total. The number of hydrogen-bond acceptors (Lipinski definition) is 7. The molecule has 5 rings (SSSR count). The van der Waals surface area contributed by atoms with E-state index in [-0.39, 0.29) is 35.4 Å². The van der Waals surface area contributed by atoms with Crippen molar-refractivity contribution in [2.75, 3.05) is 5.32 Å². The molecule has 3 heterocycles. The number of nitrogens with one attached hydrogen (secondary N) is 1. The van der Waals surface area contributed by atoms with E-state index < -0.39 is 23.0 Å². The van der Waals surface area contributed by atoms with Crippen molar-refractivity contribution >= 4 is 34.1 Å². The molecule has 2 aromatic carbocycles. The molecule has 0 atom stereocenters. The van der Waals surface area contributed by atoms with Crippen LogP contribution < -0.4 is 16.7 Å². The first kappa shape index (κ1) is 24.3. The predicted molar refractivity (Wildman–Crippen MR) is 132 cm³/mol. The Morgan fingerprint density at radius 2 is 1.78 bits per heavy atom. The molecule has 0 amide bonds. The molecule has 14 heteroatoms. The zero-order valence-corrected chi connectivity index (χ0v) is 20.7. The van der Waals surface area contributed by atoms with Gasteiger partial charge in [0.15, 0.2) is 17.5 Å². The lowest BCUT2D eigenvalue weighted by atomic mass is 10.1. The van der Waals surface area contributed by atoms with Crippen LogP contribution >= 0.6 is 11.6 Å². The number of aryl methyl sites for hydroxylation is 3. The molecular formula is C23H20ClF2N9O2. The van der Waals surface area contributed by atoms with Gasteiger partial charge in [-0.25, -0.2) is 27.9 Å². The minimum atomic E-state index is -1.05. The van der Waals surface area contributed by atoms with Crippen molar-refractivity contribution < 1.29 is 8.78 Å². The molecule has 0 aliphatic heterocycles. The lowest BCUT2D eigenvalue weighted by molar-refractivity contribution is 0.499. The van der Waals surface area contributed by atoms with Gasteiger partial charge in [-0.1, -0.05) is 17.7 Å². The fourth-order valence-electron chi connectivity index (χ4n) is 3.96. The summed E-state index contributed by atoms with van der Waals surface area (Å²) in [6, 6.07) is 5.74. The van der Waals surface area contributed by atoms with Gasteiger partial charge in [-0.15, -0.1) is 0 Å². The van der Waals surface area contributed by atoms with Crippen LogP contribution in [0, 0.1) is 18.6 Å². The van der Waals surface area contributed by atoms with E-state index >= 15 is 0 Å². The Morgan fingerprint density at radius 1 is 1.00 bits per heavy atom. The second-order valence-electron chi connectivity index (χ2n) is 8.53. The van der Waals surface area contributed by atoms with Gasteiger partial charge in [-0.05, 0) is 36.2 Å². The minimum Gasteiger partial charge on any atom is -0.324 e. The van der Waals surface area contributed by atoms with E-state index in [0.717, 1.165) is 20.6 Å². The number of fused-ring (bicyclic) bond motifs is 1. The summed E-state index contributed by atoms with van der Waals surface area (Å²) in [5.41, 5.74) is -0.223. The maximum atomic E-state index is 14.1. The second kappa shape index (κ2) is 9.24. The topological polar surface area (TPSA) is 117 Å². The minimum absolute atomic E-state index is 0.0709. The number of hydrogen-bond donors (Lipinski definition) is 1. The van der Waals surface area contributed by atoms with Crippen LogP contribution in [0.1, 0.15) is 17.0 Å². The highest BCUT2D eigenvalue weighted by Crippen LogP contribution is 2.29. The third-order valence-corrected chi connectivity index (χ3v) is 5.97. The Morgan fingerprint density at radius 3 is 2.49 bits per heavy atom. The van der Waals surface area contributed by atoms with Gasteiger partial charge in [0.05, 0.1) is 29.3 Å². The predicted octanol–water partition coefficient (Wildman–Crippen LogP) is 2.50. The molecule has 190 valence electrons. The monoisotopic (exact) mass is 527 g/mol. The molecule has 0 saturated heterocycles. The summed E-state index contributed by atoms with van der Waals surface area (Å²) in [5, 5.41) is 12.4. The quantitative estimate of drug-likeness (QED) is 0.360. The van der Waals surface area contributed by atoms with Crippen LogP contribution in [0.5, 0.6) is 0 Å². The van der Waals surface area contributed by atoms with E-state index in [9.17, 15) is 18.4 Å². The number of halogens is 3. The van der Waals surface area contributed by atoms with Gasteiger partial charge in [0.25, 0.3) is 0 Å². The summed E-state index contributed by atoms with van der Waals surface area (Å²) in [6.45, 7) is 0.971. The number of aromatic nitrogens is 8. The van der Waals surface area contributed by atoms with Crippen molar-refractivity contribution in [2.24, 2.45) is 14.1 Å². The van der Waals surface area contributed by atoms with Crippen molar-refractivity contribution in [3.63, 3.8) is 0 Å². The van der Waals surface area contributed by atoms with E-state index in [4.69, 9.17) is 11.6 Å². The number of benzene rings is 2. The average Bonchev–Trinajstić information content (AvgIpc) is 3.41. The van der Waals surface area contributed by atoms with Gasteiger partial charge in [0.1, 0.15) is 6.33 Å². The molecule has 0 bridgehead atoms. The zero-order valence-electron chi connectivity index (χ0n) is 19.9. The van der Waals surface area contributed by atoms with E-state index in [2.05, 4.69) is 25.5 Å². The molecule has 3 aromatic heterocycles. The molecule has 0 radical (unpaired) electrons. The number of rotatable bonds is 6. The highest BCUT2D eigenvalue weighted by Gasteiger charge is 2.18. The van der Waals surface area contributed by atoms with Crippen LogP contribution in [-0.2, 0) is 27.2 Å². The molecule has 37 heavy (non-hydrogen) atoms. The molecule has 11 nitrogen and oxygen atoms in total. The van der Waals surface area contributed by atoms with Gasteiger partial charge >= 0.3 is 11.4 Å². The lowest BCUT2D eigenvalue weighted by Crippen LogP contribution is -2.43. The van der Waals surface area contributed by atoms with E-state index in [1.807, 2.05) is 0 Å². The standard InChI is InChI=1S/C23H20ClF2N9O2/c1-12-4-13(5-16(25)20(12)26)8-34-21(28-18-6-14-9-32(2)30-17(14)7-15(18)24)29-22(36)35(23(34)37)10-19-27-11-33(3)31-19/h4-7,9,11H,8,10H2,1-3H3,(H,28,29,36). The van der Waals surface area contributed by atoms with Crippen LogP contribution in [-0.4, -0.2) is 38.7 Å². The molecule has 0 spiro atoms. The van der Waals surface area contributed by atoms with E-state index in [0.29, 0.717) is 16.8 Å². The third-order valence-electron chi connectivity index (χ3n) is 5.66. The first-order chi connectivity index (χ1) is 17.6. The molecule has 0 aliphatic carbocycles. The Labute approximate surface area is 212 Å². The molecule has 0 aliphatic rings. The first-order valence-electron chi connectivity index (χ1n) is 11.0. The SMILES string of the molecule is Cc1cc(Cn2c(Nc3cc4cn(C)nc4cc3Cl)nc(=O)n(Cc3ncn(C)n3)c2=O)cc(F)c1F. The Hall–Kier alpha value is -4.39. The molecule has 0 unspecified atom stereocenters. The van der Waals surface area contributed by atoms with Crippen LogP contribution in [0.4, 0.5) is 20.4 Å². The normalized spacial score (nSPS) is 11.4. The largest absolute Gasteiger partial charge is 0.355 e.